The molecule has 0 unspecified atom stereocenters. The highest BCUT2D eigenvalue weighted by Crippen LogP contribution is 2.34. The summed E-state index contributed by atoms with van der Waals surface area (Å²) in [6.07, 6.45) is 0. The molecule has 0 spiro atoms. The van der Waals surface area contributed by atoms with Crippen LogP contribution in [-0.2, 0) is 6.61 Å². The Labute approximate surface area is 102 Å². The van der Waals surface area contributed by atoms with E-state index in [1.165, 1.54) is 4.21 Å². The van der Waals surface area contributed by atoms with Crippen molar-refractivity contribution in [3.8, 4) is 0 Å². The molecule has 2 aromatic rings. The Morgan fingerprint density at radius 2 is 2.13 bits per heavy atom. The van der Waals surface area contributed by atoms with Gasteiger partial charge < -0.3 is 5.11 Å². The van der Waals surface area contributed by atoms with Crippen LogP contribution in [0.15, 0.2) is 45.5 Å². The zero-order valence-electron chi connectivity index (χ0n) is 7.81. The van der Waals surface area contributed by atoms with Crippen LogP contribution in [0.25, 0.3) is 0 Å². The Kier molecular flexibility index (Phi) is 3.70. The summed E-state index contributed by atoms with van der Waals surface area (Å²) in [5.74, 6) is 0. The first kappa shape index (κ1) is 11.0. The summed E-state index contributed by atoms with van der Waals surface area (Å²) in [5, 5.41) is 9.69. The summed E-state index contributed by atoms with van der Waals surface area (Å²) in [4.78, 5) is 2.10. The van der Waals surface area contributed by atoms with Gasteiger partial charge in [-0.15, -0.1) is 11.3 Å². The van der Waals surface area contributed by atoms with E-state index in [9.17, 15) is 0 Å². The fourth-order valence-corrected chi connectivity index (χ4v) is 3.47. The van der Waals surface area contributed by atoms with Gasteiger partial charge in [0.15, 0.2) is 0 Å². The van der Waals surface area contributed by atoms with Crippen LogP contribution in [0.4, 0.5) is 0 Å². The molecule has 2 rings (SSSR count). The zero-order valence-corrected chi connectivity index (χ0v) is 10.2. The van der Waals surface area contributed by atoms with Crippen molar-refractivity contribution in [2.75, 3.05) is 0 Å². The van der Waals surface area contributed by atoms with Crippen LogP contribution in [0.2, 0.25) is 5.02 Å². The third-order valence-electron chi connectivity index (χ3n) is 1.81. The Balaban J connectivity index is 2.14. The molecule has 0 saturated carbocycles. The average molecular weight is 257 g/mol. The lowest BCUT2D eigenvalue weighted by Crippen LogP contribution is -1.70. The predicted molar refractivity (Wildman–Crippen MR) is 65.8 cm³/mol. The van der Waals surface area contributed by atoms with Gasteiger partial charge in [0.25, 0.3) is 0 Å². The maximum absolute atomic E-state index is 8.94. The lowest BCUT2D eigenvalue weighted by Gasteiger charge is -1.98. The number of aliphatic hydroxyl groups is 1. The van der Waals surface area contributed by atoms with Crippen molar-refractivity contribution in [3.05, 3.63) is 46.3 Å². The minimum atomic E-state index is 0.112. The lowest BCUT2D eigenvalue weighted by atomic mass is 10.4. The van der Waals surface area contributed by atoms with Crippen LogP contribution in [-0.4, -0.2) is 5.11 Å². The van der Waals surface area contributed by atoms with Gasteiger partial charge in [0.2, 0.25) is 0 Å². The van der Waals surface area contributed by atoms with E-state index >= 15 is 0 Å². The minimum Gasteiger partial charge on any atom is -0.391 e. The highest BCUT2D eigenvalue weighted by atomic mass is 35.5. The van der Waals surface area contributed by atoms with E-state index in [-0.39, 0.29) is 6.61 Å². The molecule has 0 bridgehead atoms. The zero-order chi connectivity index (χ0) is 10.7. The molecule has 0 atom stereocenters. The van der Waals surface area contributed by atoms with Gasteiger partial charge in [-0.2, -0.15) is 0 Å². The molecule has 1 N–H and O–H groups in total. The summed E-state index contributed by atoms with van der Waals surface area (Å²) in [6.45, 7) is 0.112. The summed E-state index contributed by atoms with van der Waals surface area (Å²) in [6, 6.07) is 11.7. The Morgan fingerprint density at radius 3 is 2.80 bits per heavy atom. The molecule has 0 aliphatic rings. The predicted octanol–water partition coefficient (Wildman–Crippen LogP) is 4.05. The molecule has 1 aromatic carbocycles. The first-order chi connectivity index (χ1) is 7.28. The maximum atomic E-state index is 8.94. The van der Waals surface area contributed by atoms with E-state index in [0.717, 1.165) is 14.8 Å². The largest absolute Gasteiger partial charge is 0.391 e. The molecule has 1 nitrogen and oxygen atoms in total. The second-order valence-electron chi connectivity index (χ2n) is 2.94. The van der Waals surface area contributed by atoms with Crippen LogP contribution >= 0.6 is 34.7 Å². The number of halogens is 1. The molecule has 1 aromatic heterocycles. The van der Waals surface area contributed by atoms with Crippen LogP contribution < -0.4 is 0 Å². The van der Waals surface area contributed by atoms with E-state index in [1.54, 1.807) is 23.1 Å². The molecule has 0 radical (unpaired) electrons. The molecule has 0 amide bonds. The van der Waals surface area contributed by atoms with Crippen molar-refractivity contribution in [2.24, 2.45) is 0 Å². The van der Waals surface area contributed by atoms with Gasteiger partial charge in [0.05, 0.1) is 10.8 Å². The Hall–Kier alpha value is -0.480. The number of thiophene rings is 1. The quantitative estimate of drug-likeness (QED) is 0.894. The molecular weight excluding hydrogens is 248 g/mol. The minimum absolute atomic E-state index is 0.112. The van der Waals surface area contributed by atoms with E-state index in [4.69, 9.17) is 16.7 Å². The van der Waals surface area contributed by atoms with Crippen molar-refractivity contribution in [1.82, 2.24) is 0 Å². The van der Waals surface area contributed by atoms with Gasteiger partial charge in [0.1, 0.15) is 0 Å². The number of aliphatic hydroxyl groups excluding tert-OH is 1. The SMILES string of the molecule is OCc1ccc(Sc2cccc(Cl)c2)s1. The molecule has 0 aliphatic carbocycles. The number of rotatable bonds is 3. The third kappa shape index (κ3) is 2.98. The van der Waals surface area contributed by atoms with Gasteiger partial charge in [-0.05, 0) is 30.3 Å². The van der Waals surface area contributed by atoms with Crippen molar-refractivity contribution in [2.45, 2.75) is 15.7 Å². The molecular formula is C11H9ClOS2. The van der Waals surface area contributed by atoms with Crippen molar-refractivity contribution >= 4 is 34.7 Å². The maximum Gasteiger partial charge on any atom is 0.0774 e. The highest BCUT2D eigenvalue weighted by molar-refractivity contribution is 8.01. The van der Waals surface area contributed by atoms with Gasteiger partial charge in [-0.3, -0.25) is 0 Å². The monoisotopic (exact) mass is 256 g/mol. The molecule has 78 valence electrons. The first-order valence-corrected chi connectivity index (χ1v) is 6.42. The summed E-state index contributed by atoms with van der Waals surface area (Å²) >= 11 is 9.16. The van der Waals surface area contributed by atoms with E-state index in [0.29, 0.717) is 0 Å². The van der Waals surface area contributed by atoms with E-state index in [1.807, 2.05) is 36.4 Å². The third-order valence-corrected chi connectivity index (χ3v) is 4.23. The Morgan fingerprint density at radius 1 is 1.27 bits per heavy atom. The molecule has 0 aliphatic heterocycles. The second kappa shape index (κ2) is 5.03. The lowest BCUT2D eigenvalue weighted by molar-refractivity contribution is 0.285. The number of benzene rings is 1. The number of hydrogen-bond donors (Lipinski definition) is 1. The normalized spacial score (nSPS) is 10.5. The molecule has 15 heavy (non-hydrogen) atoms. The average Bonchev–Trinajstić information content (AvgIpc) is 2.65. The van der Waals surface area contributed by atoms with Crippen LogP contribution in [0.1, 0.15) is 4.88 Å². The summed E-state index contributed by atoms with van der Waals surface area (Å²) in [7, 11) is 0. The fraction of sp³-hybridized carbons (Fsp3) is 0.0909. The van der Waals surface area contributed by atoms with Crippen molar-refractivity contribution in [3.63, 3.8) is 0 Å². The van der Waals surface area contributed by atoms with Crippen LogP contribution in [0, 0.1) is 0 Å². The molecule has 4 heteroatoms. The van der Waals surface area contributed by atoms with Gasteiger partial charge in [0, 0.05) is 14.8 Å². The van der Waals surface area contributed by atoms with Gasteiger partial charge in [-0.1, -0.05) is 29.4 Å². The van der Waals surface area contributed by atoms with Gasteiger partial charge >= 0.3 is 0 Å². The Bertz CT molecular complexity index is 453. The van der Waals surface area contributed by atoms with Crippen molar-refractivity contribution in [1.29, 1.82) is 0 Å². The molecule has 1 heterocycles. The fourth-order valence-electron chi connectivity index (χ4n) is 1.14. The van der Waals surface area contributed by atoms with Crippen LogP contribution in [0.3, 0.4) is 0 Å². The number of hydrogen-bond acceptors (Lipinski definition) is 3. The van der Waals surface area contributed by atoms with Crippen molar-refractivity contribution < 1.29 is 5.11 Å². The first-order valence-electron chi connectivity index (χ1n) is 4.41. The van der Waals surface area contributed by atoms with Gasteiger partial charge in [-0.25, -0.2) is 0 Å². The van der Waals surface area contributed by atoms with E-state index < -0.39 is 0 Å². The smallest absolute Gasteiger partial charge is 0.0774 e. The topological polar surface area (TPSA) is 20.2 Å². The highest BCUT2D eigenvalue weighted by Gasteiger charge is 2.01. The summed E-state index contributed by atoms with van der Waals surface area (Å²) in [5.41, 5.74) is 0. The second-order valence-corrected chi connectivity index (χ2v) is 5.92. The molecule has 0 fully saturated rings. The summed E-state index contributed by atoms with van der Waals surface area (Å²) < 4.78 is 1.17. The standard InChI is InChI=1S/C11H9ClOS2/c12-8-2-1-3-9(6-8)14-11-5-4-10(7-13)15-11/h1-6,13H,7H2. The van der Waals surface area contributed by atoms with Crippen LogP contribution in [0.5, 0.6) is 0 Å². The van der Waals surface area contributed by atoms with E-state index in [2.05, 4.69) is 0 Å². The molecule has 0 saturated heterocycles.